The normalized spacial score (nSPS) is 11.5. The molecule has 1 aromatic heterocycles. The van der Waals surface area contributed by atoms with Crippen LogP contribution < -0.4 is 16.0 Å². The third-order valence-corrected chi connectivity index (χ3v) is 3.37. The van der Waals surface area contributed by atoms with Crippen LogP contribution in [0, 0.1) is 0 Å². The fourth-order valence-electron chi connectivity index (χ4n) is 2.23. The van der Waals surface area contributed by atoms with Gasteiger partial charge in [-0.05, 0) is 34.6 Å². The molecule has 3 rings (SSSR count). The van der Waals surface area contributed by atoms with E-state index in [1.165, 1.54) is 0 Å². The largest absolute Gasteiger partial charge is 0.376 e. The highest BCUT2D eigenvalue weighted by molar-refractivity contribution is 6.06. The Labute approximate surface area is 137 Å². The van der Waals surface area contributed by atoms with Crippen LogP contribution in [-0.2, 0) is 0 Å². The molecule has 8 nitrogen and oxygen atoms in total. The van der Waals surface area contributed by atoms with Crippen molar-refractivity contribution in [2.45, 2.75) is 0 Å². The predicted octanol–water partition coefficient (Wildman–Crippen LogP) is 1.66. The Morgan fingerprint density at radius 2 is 1.83 bits per heavy atom. The fourth-order valence-corrected chi connectivity index (χ4v) is 2.23. The van der Waals surface area contributed by atoms with Gasteiger partial charge >= 0.3 is 0 Å². The first-order chi connectivity index (χ1) is 11.6. The van der Waals surface area contributed by atoms with Gasteiger partial charge in [0.15, 0.2) is 11.0 Å². The molecule has 0 saturated heterocycles. The van der Waals surface area contributed by atoms with Crippen LogP contribution in [0.1, 0.15) is 10.4 Å². The van der Waals surface area contributed by atoms with Crippen LogP contribution in [0.2, 0.25) is 0 Å². The Balaban J connectivity index is 1.88. The van der Waals surface area contributed by atoms with Crippen molar-refractivity contribution in [2.75, 3.05) is 19.0 Å². The zero-order chi connectivity index (χ0) is 17.1. The fraction of sp³-hybridized carbons (Fsp3) is 0.125. The van der Waals surface area contributed by atoms with E-state index in [9.17, 15) is 4.79 Å². The Kier molecular flexibility index (Phi) is 4.11. The number of anilines is 1. The average molecular weight is 324 g/mol. The van der Waals surface area contributed by atoms with Gasteiger partial charge in [0.1, 0.15) is 0 Å². The number of fused-ring (bicyclic) bond motifs is 1. The van der Waals surface area contributed by atoms with Crippen molar-refractivity contribution in [3.05, 3.63) is 48.0 Å². The summed E-state index contributed by atoms with van der Waals surface area (Å²) in [7, 11) is 3.78. The van der Waals surface area contributed by atoms with E-state index >= 15 is 0 Å². The van der Waals surface area contributed by atoms with Gasteiger partial charge in [0.2, 0.25) is 5.96 Å². The molecule has 0 aliphatic rings. The van der Waals surface area contributed by atoms with Gasteiger partial charge < -0.3 is 10.6 Å². The summed E-state index contributed by atoms with van der Waals surface area (Å²) in [5.41, 5.74) is 8.67. The number of aromatic nitrogens is 2. The summed E-state index contributed by atoms with van der Waals surface area (Å²) in [6.45, 7) is 0. The Hall–Kier alpha value is -3.42. The maximum Gasteiger partial charge on any atom is 0.257 e. The number of nitrogens with one attached hydrogen (secondary N) is 1. The first-order valence-corrected chi connectivity index (χ1v) is 7.19. The molecule has 0 fully saturated rings. The number of carbonyl (C=O) groups is 1. The minimum atomic E-state index is -0.337. The van der Waals surface area contributed by atoms with Crippen LogP contribution in [0.3, 0.4) is 0 Å². The SMILES string of the molecule is CN(C)c1ccc(N=C(N)NC(=O)c2ccccc2)c2nonc12. The Bertz CT molecular complexity index is 901. The first-order valence-electron chi connectivity index (χ1n) is 7.19. The number of carbonyl (C=O) groups excluding carboxylic acids is 1. The second-order valence-corrected chi connectivity index (χ2v) is 5.28. The lowest BCUT2D eigenvalue weighted by atomic mass is 10.2. The molecule has 3 N–H and O–H groups in total. The van der Waals surface area contributed by atoms with E-state index < -0.39 is 0 Å². The quantitative estimate of drug-likeness (QED) is 0.560. The van der Waals surface area contributed by atoms with E-state index in [1.54, 1.807) is 30.3 Å². The predicted molar refractivity (Wildman–Crippen MR) is 91.3 cm³/mol. The van der Waals surface area contributed by atoms with Gasteiger partial charge in [0.05, 0.1) is 11.4 Å². The van der Waals surface area contributed by atoms with Crippen molar-refractivity contribution in [1.82, 2.24) is 15.6 Å². The molecule has 8 heteroatoms. The van der Waals surface area contributed by atoms with Gasteiger partial charge in [0.25, 0.3) is 5.91 Å². The summed E-state index contributed by atoms with van der Waals surface area (Å²) < 4.78 is 4.80. The number of aliphatic imine (C=N–C) groups is 1. The van der Waals surface area contributed by atoms with Crippen molar-refractivity contribution in [1.29, 1.82) is 0 Å². The van der Waals surface area contributed by atoms with Crippen LogP contribution in [0.15, 0.2) is 52.1 Å². The Morgan fingerprint density at radius 3 is 2.54 bits per heavy atom. The first kappa shape index (κ1) is 15.5. The number of guanidine groups is 1. The van der Waals surface area contributed by atoms with Crippen LogP contribution in [0.25, 0.3) is 11.0 Å². The summed E-state index contributed by atoms with van der Waals surface area (Å²) in [5.74, 6) is -0.373. The van der Waals surface area contributed by atoms with Crippen molar-refractivity contribution < 1.29 is 9.42 Å². The summed E-state index contributed by atoms with van der Waals surface area (Å²) in [4.78, 5) is 18.2. The summed E-state index contributed by atoms with van der Waals surface area (Å²) in [5, 5.41) is 10.3. The van der Waals surface area contributed by atoms with Gasteiger partial charge in [-0.2, -0.15) is 0 Å². The lowest BCUT2D eigenvalue weighted by Gasteiger charge is -2.12. The zero-order valence-corrected chi connectivity index (χ0v) is 13.2. The molecular formula is C16H16N6O2. The number of hydrogen-bond donors (Lipinski definition) is 2. The monoisotopic (exact) mass is 324 g/mol. The number of benzene rings is 2. The molecule has 0 atom stereocenters. The smallest absolute Gasteiger partial charge is 0.257 e. The minimum Gasteiger partial charge on any atom is -0.376 e. The molecule has 0 saturated carbocycles. The van der Waals surface area contributed by atoms with Gasteiger partial charge in [-0.3, -0.25) is 10.1 Å². The number of nitrogens with two attached hydrogens (primary N) is 1. The minimum absolute atomic E-state index is 0.0363. The summed E-state index contributed by atoms with van der Waals surface area (Å²) >= 11 is 0. The van der Waals surface area contributed by atoms with Crippen LogP contribution in [-0.4, -0.2) is 36.3 Å². The zero-order valence-electron chi connectivity index (χ0n) is 13.2. The summed E-state index contributed by atoms with van der Waals surface area (Å²) in [6, 6.07) is 12.3. The molecule has 0 spiro atoms. The van der Waals surface area contributed by atoms with Gasteiger partial charge in [-0.1, -0.05) is 18.2 Å². The topological polar surface area (TPSA) is 110 Å². The highest BCUT2D eigenvalue weighted by Gasteiger charge is 2.13. The van der Waals surface area contributed by atoms with E-state index in [0.29, 0.717) is 22.3 Å². The Morgan fingerprint density at radius 1 is 1.12 bits per heavy atom. The van der Waals surface area contributed by atoms with E-state index in [4.69, 9.17) is 10.4 Å². The number of amides is 1. The van der Waals surface area contributed by atoms with Gasteiger partial charge in [0, 0.05) is 19.7 Å². The number of nitrogens with zero attached hydrogens (tertiary/aromatic N) is 4. The molecule has 2 aromatic carbocycles. The molecule has 0 aliphatic carbocycles. The van der Waals surface area contributed by atoms with Crippen LogP contribution in [0.5, 0.6) is 0 Å². The maximum absolute atomic E-state index is 12.1. The molecule has 1 amide bonds. The second-order valence-electron chi connectivity index (χ2n) is 5.28. The average Bonchev–Trinajstić information content (AvgIpc) is 3.05. The van der Waals surface area contributed by atoms with Crippen molar-refractivity contribution >= 4 is 34.3 Å². The van der Waals surface area contributed by atoms with E-state index in [2.05, 4.69) is 20.6 Å². The third kappa shape index (κ3) is 3.02. The maximum atomic E-state index is 12.1. The molecule has 0 unspecified atom stereocenters. The molecule has 0 radical (unpaired) electrons. The van der Waals surface area contributed by atoms with Gasteiger partial charge in [-0.15, -0.1) is 0 Å². The van der Waals surface area contributed by atoms with E-state index in [-0.39, 0.29) is 11.9 Å². The second kappa shape index (κ2) is 6.37. The highest BCUT2D eigenvalue weighted by Crippen LogP contribution is 2.30. The number of rotatable bonds is 3. The molecule has 122 valence electrons. The molecule has 0 bridgehead atoms. The van der Waals surface area contributed by atoms with Crippen LogP contribution in [0.4, 0.5) is 11.4 Å². The van der Waals surface area contributed by atoms with Crippen LogP contribution >= 0.6 is 0 Å². The highest BCUT2D eigenvalue weighted by atomic mass is 16.6. The summed E-state index contributed by atoms with van der Waals surface area (Å²) in [6.07, 6.45) is 0. The molecule has 24 heavy (non-hydrogen) atoms. The molecule has 1 heterocycles. The lowest BCUT2D eigenvalue weighted by molar-refractivity contribution is 0.0976. The van der Waals surface area contributed by atoms with E-state index in [1.807, 2.05) is 31.1 Å². The lowest BCUT2D eigenvalue weighted by Crippen LogP contribution is -2.36. The van der Waals surface area contributed by atoms with E-state index in [0.717, 1.165) is 5.69 Å². The number of hydrogen-bond acceptors (Lipinski definition) is 6. The molecule has 3 aromatic rings. The van der Waals surface area contributed by atoms with Crippen molar-refractivity contribution in [2.24, 2.45) is 10.7 Å². The van der Waals surface area contributed by atoms with Crippen molar-refractivity contribution in [3.63, 3.8) is 0 Å². The van der Waals surface area contributed by atoms with Gasteiger partial charge in [-0.25, -0.2) is 9.62 Å². The van der Waals surface area contributed by atoms with Crippen molar-refractivity contribution in [3.8, 4) is 0 Å². The molecule has 0 aliphatic heterocycles. The standard InChI is InChI=1S/C16H16N6O2/c1-22(2)12-9-8-11(13-14(12)21-24-20-13)18-16(17)19-15(23)10-6-4-3-5-7-10/h3-9H,1-2H3,(H3,17,18,19,23). The third-order valence-electron chi connectivity index (χ3n) is 3.37. The molecular weight excluding hydrogens is 308 g/mol.